The van der Waals surface area contributed by atoms with Gasteiger partial charge in [-0.1, -0.05) is 18.9 Å². The number of carbonyl (C=O) groups excluding carboxylic acids is 1. The van der Waals surface area contributed by atoms with Crippen molar-refractivity contribution in [2.24, 2.45) is 5.92 Å². The van der Waals surface area contributed by atoms with Crippen LogP contribution in [0, 0.1) is 5.92 Å². The van der Waals surface area contributed by atoms with Crippen molar-refractivity contribution in [2.45, 2.75) is 64.5 Å². The second kappa shape index (κ2) is 6.06. The molecule has 0 saturated heterocycles. The normalized spacial score (nSPS) is 22.0. The Hall–Kier alpha value is -1.71. The largest absolute Gasteiger partial charge is 0.444 e. The second-order valence-electron chi connectivity index (χ2n) is 7.87. The molecule has 1 aliphatic carbocycles. The van der Waals surface area contributed by atoms with Crippen LogP contribution in [0.1, 0.15) is 63.6 Å². The summed E-state index contributed by atoms with van der Waals surface area (Å²) in [5, 5.41) is 0. The van der Waals surface area contributed by atoms with Gasteiger partial charge < -0.3 is 15.4 Å². The average molecular weight is 316 g/mol. The minimum Gasteiger partial charge on any atom is -0.444 e. The van der Waals surface area contributed by atoms with E-state index in [1.54, 1.807) is 0 Å². The first kappa shape index (κ1) is 16.2. The predicted molar refractivity (Wildman–Crippen MR) is 92.2 cm³/mol. The number of hydrogen-bond donors (Lipinski definition) is 1. The molecule has 1 unspecified atom stereocenters. The van der Waals surface area contributed by atoms with Crippen molar-refractivity contribution in [2.75, 3.05) is 12.3 Å². The van der Waals surface area contributed by atoms with Gasteiger partial charge in [0.05, 0.1) is 6.04 Å². The van der Waals surface area contributed by atoms with Crippen molar-refractivity contribution in [3.63, 3.8) is 0 Å². The van der Waals surface area contributed by atoms with Crippen LogP contribution >= 0.6 is 0 Å². The van der Waals surface area contributed by atoms with E-state index in [0.717, 1.165) is 18.7 Å². The Morgan fingerprint density at radius 3 is 2.61 bits per heavy atom. The van der Waals surface area contributed by atoms with Crippen molar-refractivity contribution in [3.8, 4) is 0 Å². The quantitative estimate of drug-likeness (QED) is 0.786. The summed E-state index contributed by atoms with van der Waals surface area (Å²) < 4.78 is 5.67. The number of rotatable bonds is 1. The van der Waals surface area contributed by atoms with Gasteiger partial charge in [-0.15, -0.1) is 0 Å². The fourth-order valence-corrected chi connectivity index (χ4v) is 3.97. The third-order valence-corrected chi connectivity index (χ3v) is 4.92. The molecule has 1 atom stereocenters. The zero-order chi connectivity index (χ0) is 16.6. The number of carbonyl (C=O) groups is 1. The molecule has 0 radical (unpaired) electrons. The molecule has 1 aromatic rings. The minimum atomic E-state index is -0.465. The van der Waals surface area contributed by atoms with Gasteiger partial charge in [0.2, 0.25) is 0 Å². The molecule has 0 spiro atoms. The highest BCUT2D eigenvalue weighted by atomic mass is 16.6. The highest BCUT2D eigenvalue weighted by molar-refractivity contribution is 5.70. The number of hydrogen-bond acceptors (Lipinski definition) is 3. The molecule has 4 heteroatoms. The van der Waals surface area contributed by atoms with Crippen molar-refractivity contribution in [1.29, 1.82) is 0 Å². The fraction of sp³-hybridized carbons (Fsp3) is 0.632. The molecule has 1 saturated carbocycles. The molecule has 1 aliphatic heterocycles. The van der Waals surface area contributed by atoms with Crippen molar-refractivity contribution in [3.05, 3.63) is 29.3 Å². The van der Waals surface area contributed by atoms with Crippen LogP contribution in [0.15, 0.2) is 18.2 Å². The van der Waals surface area contributed by atoms with Crippen LogP contribution in [0.5, 0.6) is 0 Å². The summed E-state index contributed by atoms with van der Waals surface area (Å²) >= 11 is 0. The number of fused-ring (bicyclic) bond motifs is 1. The highest BCUT2D eigenvalue weighted by Gasteiger charge is 2.39. The molecule has 23 heavy (non-hydrogen) atoms. The van der Waals surface area contributed by atoms with E-state index in [1.807, 2.05) is 31.7 Å². The smallest absolute Gasteiger partial charge is 0.410 e. The van der Waals surface area contributed by atoms with Gasteiger partial charge in [0.25, 0.3) is 0 Å². The fourth-order valence-electron chi connectivity index (χ4n) is 3.97. The number of nitrogen functional groups attached to an aromatic ring is 1. The van der Waals surface area contributed by atoms with Gasteiger partial charge in [-0.05, 0) is 69.2 Å². The topological polar surface area (TPSA) is 55.6 Å². The van der Waals surface area contributed by atoms with Crippen LogP contribution in [0.3, 0.4) is 0 Å². The number of benzene rings is 1. The molecule has 1 amide bonds. The third-order valence-electron chi connectivity index (χ3n) is 4.92. The van der Waals surface area contributed by atoms with Crippen molar-refractivity contribution >= 4 is 11.8 Å². The maximum absolute atomic E-state index is 12.7. The second-order valence-corrected chi connectivity index (χ2v) is 7.87. The first-order valence-corrected chi connectivity index (χ1v) is 8.73. The average Bonchev–Trinajstić information content (AvgIpc) is 2.97. The molecule has 4 nitrogen and oxygen atoms in total. The molecule has 126 valence electrons. The molecule has 1 aromatic carbocycles. The lowest BCUT2D eigenvalue weighted by atomic mass is 9.83. The number of amides is 1. The first-order chi connectivity index (χ1) is 10.8. The Bertz CT molecular complexity index is 586. The van der Waals surface area contributed by atoms with Gasteiger partial charge in [-0.2, -0.15) is 0 Å². The minimum absolute atomic E-state index is 0.111. The maximum atomic E-state index is 12.7. The summed E-state index contributed by atoms with van der Waals surface area (Å²) in [6, 6.07) is 6.27. The van der Waals surface area contributed by atoms with Crippen LogP contribution in [-0.4, -0.2) is 23.1 Å². The molecule has 2 aliphatic rings. The number of nitrogens with zero attached hydrogens (tertiary/aromatic N) is 1. The van der Waals surface area contributed by atoms with E-state index in [9.17, 15) is 4.79 Å². The molecular formula is C19H28N2O2. The summed E-state index contributed by atoms with van der Waals surface area (Å²) in [6.45, 7) is 6.50. The van der Waals surface area contributed by atoms with Crippen LogP contribution < -0.4 is 5.73 Å². The summed E-state index contributed by atoms with van der Waals surface area (Å²) in [4.78, 5) is 14.7. The van der Waals surface area contributed by atoms with Crippen LogP contribution in [0.2, 0.25) is 0 Å². The summed E-state index contributed by atoms with van der Waals surface area (Å²) in [7, 11) is 0. The SMILES string of the molecule is CC(C)(C)OC(=O)N1CCc2ccc(N)cc2C1C1CCCC1. The Morgan fingerprint density at radius 2 is 1.96 bits per heavy atom. The number of anilines is 1. The first-order valence-electron chi connectivity index (χ1n) is 8.73. The highest BCUT2D eigenvalue weighted by Crippen LogP contribution is 2.43. The molecule has 0 bridgehead atoms. The zero-order valence-corrected chi connectivity index (χ0v) is 14.5. The number of nitrogens with two attached hydrogens (primary N) is 1. The van der Waals surface area contributed by atoms with E-state index in [0.29, 0.717) is 5.92 Å². The predicted octanol–water partition coefficient (Wildman–Crippen LogP) is 4.29. The molecule has 0 aromatic heterocycles. The van der Waals surface area contributed by atoms with Gasteiger partial charge >= 0.3 is 6.09 Å². The van der Waals surface area contributed by atoms with Gasteiger partial charge in [-0.25, -0.2) is 4.79 Å². The van der Waals surface area contributed by atoms with E-state index in [2.05, 4.69) is 12.1 Å². The zero-order valence-electron chi connectivity index (χ0n) is 14.5. The Kier molecular flexibility index (Phi) is 4.26. The Balaban J connectivity index is 1.94. The molecule has 3 rings (SSSR count). The van der Waals surface area contributed by atoms with E-state index in [4.69, 9.17) is 10.5 Å². The van der Waals surface area contributed by atoms with Crippen LogP contribution in [0.4, 0.5) is 10.5 Å². The van der Waals surface area contributed by atoms with Crippen LogP contribution in [0.25, 0.3) is 0 Å². The Labute approximate surface area is 139 Å². The van der Waals surface area contributed by atoms with Crippen molar-refractivity contribution in [1.82, 2.24) is 4.90 Å². The monoisotopic (exact) mass is 316 g/mol. The third kappa shape index (κ3) is 3.46. The lowest BCUT2D eigenvalue weighted by Crippen LogP contribution is -2.45. The van der Waals surface area contributed by atoms with Crippen molar-refractivity contribution < 1.29 is 9.53 Å². The van der Waals surface area contributed by atoms with Gasteiger partial charge in [0, 0.05) is 12.2 Å². The van der Waals surface area contributed by atoms with E-state index >= 15 is 0 Å². The lowest BCUT2D eigenvalue weighted by Gasteiger charge is -2.41. The van der Waals surface area contributed by atoms with E-state index in [1.165, 1.54) is 36.8 Å². The summed E-state index contributed by atoms with van der Waals surface area (Å²) in [5.41, 5.74) is 8.90. The molecular weight excluding hydrogens is 288 g/mol. The van der Waals surface area contributed by atoms with Gasteiger partial charge in [0.1, 0.15) is 5.60 Å². The lowest BCUT2D eigenvalue weighted by molar-refractivity contribution is 0.00710. The van der Waals surface area contributed by atoms with Gasteiger partial charge in [0.15, 0.2) is 0 Å². The molecule has 1 fully saturated rings. The summed E-state index contributed by atoms with van der Waals surface area (Å²) in [5.74, 6) is 0.517. The Morgan fingerprint density at radius 1 is 1.26 bits per heavy atom. The van der Waals surface area contributed by atoms with Gasteiger partial charge in [-0.3, -0.25) is 0 Å². The maximum Gasteiger partial charge on any atom is 0.410 e. The van der Waals surface area contributed by atoms with E-state index < -0.39 is 5.60 Å². The van der Waals surface area contributed by atoms with E-state index in [-0.39, 0.29) is 12.1 Å². The van der Waals surface area contributed by atoms with Crippen LogP contribution in [-0.2, 0) is 11.2 Å². The molecule has 2 N–H and O–H groups in total. The molecule has 1 heterocycles. The standard InChI is InChI=1S/C19H28N2O2/c1-19(2,3)23-18(22)21-11-10-13-8-9-15(20)12-16(13)17(21)14-6-4-5-7-14/h8-9,12,14,17H,4-7,10-11,20H2,1-3H3. The summed E-state index contributed by atoms with van der Waals surface area (Å²) in [6.07, 6.45) is 5.54. The number of ether oxygens (including phenoxy) is 1.